The topological polar surface area (TPSA) is 67.3 Å². The molecule has 8 heteroatoms. The van der Waals surface area contributed by atoms with Crippen LogP contribution in [0.25, 0.3) is 0 Å². The molecule has 0 spiro atoms. The minimum absolute atomic E-state index is 0.173. The molecule has 0 saturated carbocycles. The van der Waals surface area contributed by atoms with Crippen LogP contribution in [0.1, 0.15) is 12.0 Å². The molecule has 0 unspecified atom stereocenters. The van der Waals surface area contributed by atoms with E-state index in [9.17, 15) is 4.79 Å². The SMILES string of the molecule is O=C(Nc1nc(Oc2cccc(Cl)c2)ns1)N1CCCc2ccccc21. The van der Waals surface area contributed by atoms with Crippen LogP contribution in [0.2, 0.25) is 5.02 Å². The van der Waals surface area contributed by atoms with Crippen molar-refractivity contribution in [1.82, 2.24) is 9.36 Å². The van der Waals surface area contributed by atoms with Crippen LogP contribution in [-0.2, 0) is 6.42 Å². The molecular weight excluding hydrogens is 372 g/mol. The molecule has 0 fully saturated rings. The highest BCUT2D eigenvalue weighted by molar-refractivity contribution is 7.10. The summed E-state index contributed by atoms with van der Waals surface area (Å²) in [7, 11) is 0. The summed E-state index contributed by atoms with van der Waals surface area (Å²) in [5.74, 6) is 0.540. The number of aryl methyl sites for hydroxylation is 1. The summed E-state index contributed by atoms with van der Waals surface area (Å²) in [6.07, 6.45) is 1.92. The van der Waals surface area contributed by atoms with E-state index in [0.29, 0.717) is 22.4 Å². The molecule has 0 bridgehead atoms. The highest BCUT2D eigenvalue weighted by Crippen LogP contribution is 2.28. The van der Waals surface area contributed by atoms with E-state index in [1.54, 1.807) is 29.2 Å². The molecule has 6 nitrogen and oxygen atoms in total. The molecule has 0 saturated heterocycles. The molecule has 2 heterocycles. The number of aromatic nitrogens is 2. The fourth-order valence-corrected chi connectivity index (χ4v) is 3.52. The zero-order chi connectivity index (χ0) is 17.9. The van der Waals surface area contributed by atoms with Crippen molar-refractivity contribution >= 4 is 40.0 Å². The number of ether oxygens (including phenoxy) is 1. The zero-order valence-corrected chi connectivity index (χ0v) is 15.3. The van der Waals surface area contributed by atoms with E-state index in [1.165, 1.54) is 5.56 Å². The number of amides is 2. The van der Waals surface area contributed by atoms with Gasteiger partial charge in [0, 0.05) is 28.8 Å². The Bertz CT molecular complexity index is 946. The maximum Gasteiger partial charge on any atom is 0.335 e. The molecule has 1 N–H and O–H groups in total. The number of para-hydroxylation sites is 1. The standard InChI is InChI=1S/C18H15ClN4O2S/c19-13-7-3-8-14(11-13)25-16-20-17(26-22-16)21-18(24)23-10-4-6-12-5-1-2-9-15(12)23/h1-3,5,7-9,11H,4,6,10H2,(H,20,21,22,24). The third-order valence-corrected chi connectivity index (χ3v) is 4.83. The Labute approximate surface area is 159 Å². The Kier molecular flexibility index (Phi) is 4.73. The fraction of sp³-hybridized carbons (Fsp3) is 0.167. The first-order valence-corrected chi connectivity index (χ1v) is 9.28. The predicted molar refractivity (Wildman–Crippen MR) is 103 cm³/mol. The van der Waals surface area contributed by atoms with Gasteiger partial charge in [-0.25, -0.2) is 4.79 Å². The number of carbonyl (C=O) groups excluding carboxylic acids is 1. The molecule has 1 aliphatic rings. The molecule has 0 atom stereocenters. The first kappa shape index (κ1) is 16.8. The summed E-state index contributed by atoms with van der Waals surface area (Å²) in [6, 6.07) is 14.9. The van der Waals surface area contributed by atoms with Gasteiger partial charge in [-0.1, -0.05) is 35.9 Å². The second-order valence-electron chi connectivity index (χ2n) is 5.76. The summed E-state index contributed by atoms with van der Waals surface area (Å²) in [6.45, 7) is 0.674. The minimum Gasteiger partial charge on any atom is -0.424 e. The van der Waals surface area contributed by atoms with Gasteiger partial charge in [-0.05, 0) is 42.7 Å². The van der Waals surface area contributed by atoms with E-state index in [-0.39, 0.29) is 12.0 Å². The van der Waals surface area contributed by atoms with E-state index in [1.807, 2.05) is 18.2 Å². The highest BCUT2D eigenvalue weighted by atomic mass is 35.5. The van der Waals surface area contributed by atoms with Gasteiger partial charge in [0.05, 0.1) is 0 Å². The second kappa shape index (κ2) is 7.31. The lowest BCUT2D eigenvalue weighted by Gasteiger charge is -2.29. The van der Waals surface area contributed by atoms with Gasteiger partial charge in [-0.15, -0.1) is 4.37 Å². The van der Waals surface area contributed by atoms with Crippen molar-refractivity contribution in [3.63, 3.8) is 0 Å². The quantitative estimate of drug-likeness (QED) is 0.690. The van der Waals surface area contributed by atoms with Crippen molar-refractivity contribution in [1.29, 1.82) is 0 Å². The van der Waals surface area contributed by atoms with E-state index in [2.05, 4.69) is 20.7 Å². The van der Waals surface area contributed by atoms with Crippen molar-refractivity contribution in [2.24, 2.45) is 0 Å². The monoisotopic (exact) mass is 386 g/mol. The Morgan fingerprint density at radius 3 is 3.00 bits per heavy atom. The Hall–Kier alpha value is -2.64. The van der Waals surface area contributed by atoms with Crippen LogP contribution in [0.15, 0.2) is 48.5 Å². The number of nitrogens with zero attached hydrogens (tertiary/aromatic N) is 3. The number of fused-ring (bicyclic) bond motifs is 1. The maximum absolute atomic E-state index is 12.6. The average Bonchev–Trinajstić information content (AvgIpc) is 3.08. The number of carbonyl (C=O) groups is 1. The van der Waals surface area contributed by atoms with Crippen molar-refractivity contribution in [3.8, 4) is 11.8 Å². The molecule has 0 radical (unpaired) electrons. The van der Waals surface area contributed by atoms with Gasteiger partial charge in [0.15, 0.2) is 0 Å². The second-order valence-corrected chi connectivity index (χ2v) is 6.94. The summed E-state index contributed by atoms with van der Waals surface area (Å²) >= 11 is 7.00. The van der Waals surface area contributed by atoms with Gasteiger partial charge < -0.3 is 4.74 Å². The predicted octanol–water partition coefficient (Wildman–Crippen LogP) is 4.97. The summed E-state index contributed by atoms with van der Waals surface area (Å²) in [4.78, 5) is 18.6. The maximum atomic E-state index is 12.6. The number of halogens is 1. The van der Waals surface area contributed by atoms with Crippen molar-refractivity contribution in [2.75, 3.05) is 16.8 Å². The molecule has 26 heavy (non-hydrogen) atoms. The summed E-state index contributed by atoms with van der Waals surface area (Å²) in [5.41, 5.74) is 2.12. The van der Waals surface area contributed by atoms with Crippen LogP contribution in [0.5, 0.6) is 11.8 Å². The zero-order valence-electron chi connectivity index (χ0n) is 13.7. The number of urea groups is 1. The van der Waals surface area contributed by atoms with E-state index < -0.39 is 0 Å². The molecule has 2 aromatic carbocycles. The minimum atomic E-state index is -0.220. The van der Waals surface area contributed by atoms with E-state index in [0.717, 1.165) is 30.1 Å². The highest BCUT2D eigenvalue weighted by Gasteiger charge is 2.23. The van der Waals surface area contributed by atoms with Crippen molar-refractivity contribution in [2.45, 2.75) is 12.8 Å². The third kappa shape index (κ3) is 3.63. The van der Waals surface area contributed by atoms with Gasteiger partial charge in [0.25, 0.3) is 0 Å². The molecule has 1 aromatic heterocycles. The normalized spacial score (nSPS) is 13.2. The van der Waals surface area contributed by atoms with Crippen molar-refractivity contribution < 1.29 is 9.53 Å². The van der Waals surface area contributed by atoms with Crippen LogP contribution >= 0.6 is 23.1 Å². The van der Waals surface area contributed by atoms with E-state index in [4.69, 9.17) is 16.3 Å². The Morgan fingerprint density at radius 1 is 1.23 bits per heavy atom. The van der Waals surface area contributed by atoms with Gasteiger partial charge in [-0.3, -0.25) is 10.2 Å². The van der Waals surface area contributed by atoms with Crippen LogP contribution < -0.4 is 15.0 Å². The smallest absolute Gasteiger partial charge is 0.335 e. The summed E-state index contributed by atoms with van der Waals surface area (Å²) in [5, 5.41) is 3.75. The van der Waals surface area contributed by atoms with Gasteiger partial charge in [0.2, 0.25) is 5.13 Å². The van der Waals surface area contributed by atoms with E-state index >= 15 is 0 Å². The largest absolute Gasteiger partial charge is 0.424 e. The average molecular weight is 387 g/mol. The van der Waals surface area contributed by atoms with Crippen LogP contribution in [0.4, 0.5) is 15.6 Å². The number of rotatable bonds is 3. The fourth-order valence-electron chi connectivity index (χ4n) is 2.84. The first-order valence-electron chi connectivity index (χ1n) is 8.12. The third-order valence-electron chi connectivity index (χ3n) is 3.98. The van der Waals surface area contributed by atoms with Gasteiger partial charge in [-0.2, -0.15) is 4.98 Å². The number of anilines is 2. The number of benzene rings is 2. The molecule has 3 aromatic rings. The lowest BCUT2D eigenvalue weighted by atomic mass is 10.0. The molecule has 132 valence electrons. The molecule has 2 amide bonds. The Balaban J connectivity index is 1.45. The molecule has 4 rings (SSSR count). The lowest BCUT2D eigenvalue weighted by molar-refractivity contribution is 0.256. The van der Waals surface area contributed by atoms with Gasteiger partial charge in [0.1, 0.15) is 5.75 Å². The Morgan fingerprint density at radius 2 is 2.12 bits per heavy atom. The lowest BCUT2D eigenvalue weighted by Crippen LogP contribution is -2.38. The van der Waals surface area contributed by atoms with Crippen LogP contribution in [0, 0.1) is 0 Å². The van der Waals surface area contributed by atoms with Crippen molar-refractivity contribution in [3.05, 3.63) is 59.1 Å². The molecule has 1 aliphatic heterocycles. The number of hydrogen-bond donors (Lipinski definition) is 1. The first-order chi connectivity index (χ1) is 12.7. The van der Waals surface area contributed by atoms with Gasteiger partial charge >= 0.3 is 12.0 Å². The number of hydrogen-bond acceptors (Lipinski definition) is 5. The van der Waals surface area contributed by atoms with Crippen LogP contribution in [-0.4, -0.2) is 21.9 Å². The molecule has 0 aliphatic carbocycles. The number of nitrogens with one attached hydrogen (secondary N) is 1. The summed E-state index contributed by atoms with van der Waals surface area (Å²) < 4.78 is 9.68. The van der Waals surface area contributed by atoms with Crippen LogP contribution in [0.3, 0.4) is 0 Å². The molecular formula is C18H15ClN4O2S.